The lowest BCUT2D eigenvalue weighted by Crippen LogP contribution is -2.32. The average molecular weight is 528 g/mol. The summed E-state index contributed by atoms with van der Waals surface area (Å²) in [7, 11) is 0. The van der Waals surface area contributed by atoms with E-state index in [-0.39, 0.29) is 34.5 Å². The van der Waals surface area contributed by atoms with Crippen LogP contribution in [0.1, 0.15) is 56.0 Å². The first-order chi connectivity index (χ1) is 18.5. The van der Waals surface area contributed by atoms with Crippen molar-refractivity contribution in [3.8, 4) is 0 Å². The van der Waals surface area contributed by atoms with Crippen LogP contribution < -0.4 is 16.4 Å². The van der Waals surface area contributed by atoms with Gasteiger partial charge in [-0.3, -0.25) is 14.4 Å². The third kappa shape index (κ3) is 8.10. The first kappa shape index (κ1) is 28.8. The van der Waals surface area contributed by atoms with Crippen molar-refractivity contribution in [2.45, 2.75) is 40.0 Å². The molecule has 3 amide bonds. The van der Waals surface area contributed by atoms with Crippen LogP contribution in [0.2, 0.25) is 0 Å². The topological polar surface area (TPSA) is 146 Å². The van der Waals surface area contributed by atoms with Crippen LogP contribution in [0.25, 0.3) is 0 Å². The maximum absolute atomic E-state index is 13.1. The largest absolute Gasteiger partial charge is 0.510 e. The van der Waals surface area contributed by atoms with Gasteiger partial charge in [-0.1, -0.05) is 63.2 Å². The minimum Gasteiger partial charge on any atom is -0.510 e. The third-order valence-electron chi connectivity index (χ3n) is 6.13. The number of benzene rings is 3. The molecular weight excluding hydrogens is 494 g/mol. The molecule has 0 heterocycles. The van der Waals surface area contributed by atoms with E-state index in [4.69, 9.17) is 5.73 Å². The van der Waals surface area contributed by atoms with Crippen LogP contribution in [-0.4, -0.2) is 22.8 Å². The molecule has 0 aromatic heterocycles. The molecular formula is C30H33N5O4. The van der Waals surface area contributed by atoms with E-state index in [1.54, 1.807) is 36.4 Å². The minimum atomic E-state index is -0.703. The lowest BCUT2D eigenvalue weighted by atomic mass is 9.80. The second-order valence-electron chi connectivity index (χ2n) is 9.94. The number of aliphatic hydroxyl groups excluding tert-OH is 1. The number of hydrogen-bond acceptors (Lipinski definition) is 6. The van der Waals surface area contributed by atoms with Gasteiger partial charge in [0, 0.05) is 22.4 Å². The molecule has 5 N–H and O–H groups in total. The Labute approximate surface area is 227 Å². The maximum atomic E-state index is 13.1. The van der Waals surface area contributed by atoms with Gasteiger partial charge in [0.25, 0.3) is 5.91 Å². The van der Waals surface area contributed by atoms with Gasteiger partial charge in [0.15, 0.2) is 5.70 Å². The Hall–Kier alpha value is -4.79. The van der Waals surface area contributed by atoms with Crippen molar-refractivity contribution in [2.75, 3.05) is 10.6 Å². The van der Waals surface area contributed by atoms with Crippen molar-refractivity contribution in [1.29, 1.82) is 0 Å². The van der Waals surface area contributed by atoms with Gasteiger partial charge < -0.3 is 21.5 Å². The zero-order valence-corrected chi connectivity index (χ0v) is 22.4. The van der Waals surface area contributed by atoms with Crippen molar-refractivity contribution >= 4 is 34.8 Å². The van der Waals surface area contributed by atoms with Crippen molar-refractivity contribution in [2.24, 2.45) is 21.4 Å². The fourth-order valence-electron chi connectivity index (χ4n) is 4.03. The van der Waals surface area contributed by atoms with Crippen LogP contribution in [0.5, 0.6) is 0 Å². The Kier molecular flexibility index (Phi) is 9.33. The molecule has 0 fully saturated rings. The molecule has 3 aromatic carbocycles. The van der Waals surface area contributed by atoms with E-state index < -0.39 is 17.2 Å². The number of amides is 3. The molecule has 9 heteroatoms. The summed E-state index contributed by atoms with van der Waals surface area (Å²) in [6, 6.07) is 22.8. The fourth-order valence-corrected chi connectivity index (χ4v) is 4.03. The molecule has 9 nitrogen and oxygen atoms in total. The molecule has 3 aromatic rings. The summed E-state index contributed by atoms with van der Waals surface area (Å²) >= 11 is 0. The number of nitrogens with zero attached hydrogens (tertiary/aromatic N) is 2. The van der Waals surface area contributed by atoms with Crippen molar-refractivity contribution in [3.05, 3.63) is 101 Å². The Morgan fingerprint density at radius 1 is 0.923 bits per heavy atom. The van der Waals surface area contributed by atoms with Crippen LogP contribution in [0, 0.1) is 5.41 Å². The van der Waals surface area contributed by atoms with E-state index >= 15 is 0 Å². The van der Waals surface area contributed by atoms with Crippen molar-refractivity contribution < 1.29 is 19.5 Å². The van der Waals surface area contributed by atoms with Crippen LogP contribution in [0.15, 0.2) is 101 Å². The number of carbonyl (C=O) groups excluding carboxylic acids is 3. The maximum Gasteiger partial charge on any atom is 0.279 e. The van der Waals surface area contributed by atoms with Crippen molar-refractivity contribution in [3.63, 3.8) is 0 Å². The van der Waals surface area contributed by atoms with Crippen LogP contribution in [0.3, 0.4) is 0 Å². The summed E-state index contributed by atoms with van der Waals surface area (Å²) in [4.78, 5) is 37.4. The van der Waals surface area contributed by atoms with Gasteiger partial charge in [0.1, 0.15) is 5.76 Å². The number of primary amides is 1. The summed E-state index contributed by atoms with van der Waals surface area (Å²) < 4.78 is 0. The van der Waals surface area contributed by atoms with Gasteiger partial charge >= 0.3 is 0 Å². The lowest BCUT2D eigenvalue weighted by molar-refractivity contribution is -0.124. The highest BCUT2D eigenvalue weighted by molar-refractivity contribution is 6.04. The predicted octanol–water partition coefficient (Wildman–Crippen LogP) is 6.46. The summed E-state index contributed by atoms with van der Waals surface area (Å²) in [5, 5.41) is 23.4. The van der Waals surface area contributed by atoms with E-state index in [0.29, 0.717) is 17.8 Å². The summed E-state index contributed by atoms with van der Waals surface area (Å²) in [6.07, 6.45) is 0.649. The lowest BCUT2D eigenvalue weighted by Gasteiger charge is -2.27. The van der Waals surface area contributed by atoms with Gasteiger partial charge in [-0.25, -0.2) is 0 Å². The first-order valence-corrected chi connectivity index (χ1v) is 12.5. The van der Waals surface area contributed by atoms with Crippen LogP contribution in [-0.2, 0) is 9.59 Å². The molecule has 39 heavy (non-hydrogen) atoms. The van der Waals surface area contributed by atoms with Gasteiger partial charge in [-0.15, -0.1) is 5.11 Å². The molecule has 1 atom stereocenters. The molecule has 202 valence electrons. The highest BCUT2D eigenvalue weighted by Gasteiger charge is 2.30. The standard InChI is InChI=1S/C30H33N5O4/c1-19(21-10-6-5-7-11-21)18-30(3,4)29(39)33-24-14-9-13-23(17-24)32-28(38)26(20(2)36)35-34-25-15-8-12-22(16-25)27(31)37/h5-17,19,36H,18H2,1-4H3,(H2,31,37)(H,32,38)(H,33,39). The number of nitrogens with two attached hydrogens (primary N) is 1. The quantitative estimate of drug-likeness (QED) is 0.136. The SMILES string of the molecule is CC(O)=C(N=Nc1cccc(C(N)=O)c1)C(=O)Nc1cccc(NC(=O)C(C)(C)CC(C)c2ccccc2)c1. The van der Waals surface area contributed by atoms with Gasteiger partial charge in [-0.05, 0) is 61.2 Å². The van der Waals surface area contributed by atoms with E-state index in [1.165, 1.54) is 24.6 Å². The molecule has 0 aliphatic carbocycles. The van der Waals surface area contributed by atoms with Gasteiger partial charge in [0.2, 0.25) is 11.8 Å². The Bertz CT molecular complexity index is 1410. The van der Waals surface area contributed by atoms with Gasteiger partial charge in [0.05, 0.1) is 5.69 Å². The number of rotatable bonds is 10. The number of anilines is 2. The second-order valence-corrected chi connectivity index (χ2v) is 9.94. The Balaban J connectivity index is 1.68. The monoisotopic (exact) mass is 527 g/mol. The number of nitrogens with one attached hydrogen (secondary N) is 2. The average Bonchev–Trinajstić information content (AvgIpc) is 2.89. The molecule has 0 aliphatic heterocycles. The van der Waals surface area contributed by atoms with E-state index in [0.717, 1.165) is 0 Å². The number of azo groups is 1. The highest BCUT2D eigenvalue weighted by atomic mass is 16.3. The number of hydrogen-bond donors (Lipinski definition) is 4. The third-order valence-corrected chi connectivity index (χ3v) is 6.13. The summed E-state index contributed by atoms with van der Waals surface area (Å²) in [5.41, 5.74) is 6.90. The Morgan fingerprint density at radius 3 is 2.21 bits per heavy atom. The normalized spacial score (nSPS) is 12.9. The van der Waals surface area contributed by atoms with E-state index in [2.05, 4.69) is 39.9 Å². The first-order valence-electron chi connectivity index (χ1n) is 12.5. The molecule has 0 aliphatic rings. The molecule has 0 bridgehead atoms. The number of allylic oxidation sites excluding steroid dienone is 1. The van der Waals surface area contributed by atoms with E-state index in [9.17, 15) is 19.5 Å². The molecule has 0 spiro atoms. The number of aliphatic hydroxyl groups is 1. The molecule has 0 radical (unpaired) electrons. The smallest absolute Gasteiger partial charge is 0.279 e. The zero-order valence-electron chi connectivity index (χ0n) is 22.4. The zero-order chi connectivity index (χ0) is 28.6. The second kappa shape index (κ2) is 12.6. The molecule has 1 unspecified atom stereocenters. The Morgan fingerprint density at radius 2 is 1.56 bits per heavy atom. The van der Waals surface area contributed by atoms with Crippen LogP contribution in [0.4, 0.5) is 17.1 Å². The minimum absolute atomic E-state index is 0.146. The molecule has 0 saturated heterocycles. The molecule has 3 rings (SSSR count). The highest BCUT2D eigenvalue weighted by Crippen LogP contribution is 2.33. The van der Waals surface area contributed by atoms with Gasteiger partial charge in [-0.2, -0.15) is 5.11 Å². The summed E-state index contributed by atoms with van der Waals surface area (Å²) in [6.45, 7) is 7.21. The van der Waals surface area contributed by atoms with Crippen LogP contribution >= 0.6 is 0 Å². The van der Waals surface area contributed by atoms with Crippen molar-refractivity contribution in [1.82, 2.24) is 0 Å². The predicted molar refractivity (Wildman–Crippen MR) is 152 cm³/mol. The molecule has 0 saturated carbocycles. The summed E-state index contributed by atoms with van der Waals surface area (Å²) in [5.74, 6) is -1.63. The van der Waals surface area contributed by atoms with E-state index in [1.807, 2.05) is 32.0 Å². The number of carbonyl (C=O) groups is 3. The fraction of sp³-hybridized carbons (Fsp3) is 0.233.